The molecule has 1 amide bonds. The van der Waals surface area contributed by atoms with Gasteiger partial charge >= 0.3 is 5.97 Å². The van der Waals surface area contributed by atoms with Crippen molar-refractivity contribution in [1.82, 2.24) is 4.98 Å². The van der Waals surface area contributed by atoms with E-state index in [1.165, 1.54) is 11.3 Å². The Bertz CT molecular complexity index is 608. The van der Waals surface area contributed by atoms with Gasteiger partial charge in [0.2, 0.25) is 5.91 Å². The number of nitrogens with zero attached hydrogens (tertiary/aromatic N) is 1. The first-order valence-corrected chi connectivity index (χ1v) is 6.41. The molecule has 0 aromatic carbocycles. The number of anilines is 1. The molecular weight excluding hydrogens is 264 g/mol. The van der Waals surface area contributed by atoms with Crippen LogP contribution < -0.4 is 5.32 Å². The highest BCUT2D eigenvalue weighted by molar-refractivity contribution is 7.16. The standard InChI is InChI=1S/C13H12N2O3S/c1-8-6-10(13(17)18)12(19-8)15-11(16)7-9-4-2-3-5-14-9/h2-6H,7H2,1H3,(H,15,16)(H,17,18). The first-order valence-electron chi connectivity index (χ1n) is 5.60. The second-order valence-electron chi connectivity index (χ2n) is 3.95. The SMILES string of the molecule is Cc1cc(C(=O)O)c(NC(=O)Cc2ccccn2)s1. The third kappa shape index (κ3) is 3.38. The van der Waals surface area contributed by atoms with Crippen molar-refractivity contribution in [2.24, 2.45) is 0 Å². The van der Waals surface area contributed by atoms with Gasteiger partial charge in [-0.3, -0.25) is 9.78 Å². The molecule has 2 N–H and O–H groups in total. The molecule has 0 aliphatic carbocycles. The topological polar surface area (TPSA) is 79.3 Å². The summed E-state index contributed by atoms with van der Waals surface area (Å²) in [6.45, 7) is 1.80. The number of carbonyl (C=O) groups excluding carboxylic acids is 1. The zero-order chi connectivity index (χ0) is 13.8. The molecule has 0 aliphatic rings. The van der Waals surface area contributed by atoms with E-state index in [-0.39, 0.29) is 17.9 Å². The van der Waals surface area contributed by atoms with E-state index in [2.05, 4.69) is 10.3 Å². The monoisotopic (exact) mass is 276 g/mol. The number of rotatable bonds is 4. The highest BCUT2D eigenvalue weighted by Crippen LogP contribution is 2.27. The lowest BCUT2D eigenvalue weighted by molar-refractivity contribution is -0.115. The van der Waals surface area contributed by atoms with E-state index < -0.39 is 5.97 Å². The maximum atomic E-state index is 11.8. The molecule has 0 saturated carbocycles. The van der Waals surface area contributed by atoms with Gasteiger partial charge in [0.05, 0.1) is 12.0 Å². The van der Waals surface area contributed by atoms with Crippen LogP contribution in [-0.4, -0.2) is 22.0 Å². The van der Waals surface area contributed by atoms with Crippen LogP contribution >= 0.6 is 11.3 Å². The van der Waals surface area contributed by atoms with E-state index >= 15 is 0 Å². The van der Waals surface area contributed by atoms with Crippen molar-refractivity contribution in [3.05, 3.63) is 46.6 Å². The number of carboxylic acid groups (broad SMARTS) is 1. The molecule has 0 atom stereocenters. The number of thiophene rings is 1. The summed E-state index contributed by atoms with van der Waals surface area (Å²) in [6, 6.07) is 6.86. The Hall–Kier alpha value is -2.21. The summed E-state index contributed by atoms with van der Waals surface area (Å²) in [6.07, 6.45) is 1.73. The number of hydrogen-bond acceptors (Lipinski definition) is 4. The number of carbonyl (C=O) groups is 2. The average Bonchev–Trinajstić information content (AvgIpc) is 2.71. The maximum absolute atomic E-state index is 11.8. The molecule has 5 nitrogen and oxygen atoms in total. The number of pyridine rings is 1. The summed E-state index contributed by atoms with van der Waals surface area (Å²) < 4.78 is 0. The first kappa shape index (κ1) is 13.2. The third-order valence-electron chi connectivity index (χ3n) is 2.41. The normalized spacial score (nSPS) is 10.2. The lowest BCUT2D eigenvalue weighted by atomic mass is 10.2. The Morgan fingerprint density at radius 2 is 2.21 bits per heavy atom. The van der Waals surface area contributed by atoms with Gasteiger partial charge in [-0.2, -0.15) is 0 Å². The molecule has 98 valence electrons. The molecular formula is C13H12N2O3S. The van der Waals surface area contributed by atoms with Crippen LogP contribution in [0.5, 0.6) is 0 Å². The fourth-order valence-corrected chi connectivity index (χ4v) is 2.52. The fourth-order valence-electron chi connectivity index (χ4n) is 1.60. The molecule has 0 bridgehead atoms. The highest BCUT2D eigenvalue weighted by Gasteiger charge is 2.16. The second kappa shape index (κ2) is 5.62. The number of nitrogens with one attached hydrogen (secondary N) is 1. The zero-order valence-corrected chi connectivity index (χ0v) is 11.0. The molecule has 2 rings (SSSR count). The van der Waals surface area contributed by atoms with Gasteiger partial charge < -0.3 is 10.4 Å². The predicted molar refractivity (Wildman–Crippen MR) is 72.6 cm³/mol. The van der Waals surface area contributed by atoms with E-state index in [4.69, 9.17) is 5.11 Å². The Morgan fingerprint density at radius 3 is 2.84 bits per heavy atom. The lowest BCUT2D eigenvalue weighted by Gasteiger charge is -2.03. The highest BCUT2D eigenvalue weighted by atomic mass is 32.1. The summed E-state index contributed by atoms with van der Waals surface area (Å²) in [5, 5.41) is 12.0. The maximum Gasteiger partial charge on any atom is 0.338 e. The molecule has 2 aromatic rings. The van der Waals surface area contributed by atoms with Crippen molar-refractivity contribution in [3.63, 3.8) is 0 Å². The van der Waals surface area contributed by atoms with Crippen molar-refractivity contribution < 1.29 is 14.7 Å². The van der Waals surface area contributed by atoms with E-state index in [0.717, 1.165) is 4.88 Å². The average molecular weight is 276 g/mol. The summed E-state index contributed by atoms with van der Waals surface area (Å²) in [7, 11) is 0. The fraction of sp³-hybridized carbons (Fsp3) is 0.154. The second-order valence-corrected chi connectivity index (χ2v) is 5.21. The van der Waals surface area contributed by atoms with Crippen LogP contribution in [0, 0.1) is 6.92 Å². The number of aromatic carboxylic acids is 1. The van der Waals surface area contributed by atoms with Gasteiger partial charge in [-0.05, 0) is 25.1 Å². The largest absolute Gasteiger partial charge is 0.478 e. The number of hydrogen-bond donors (Lipinski definition) is 2. The number of amides is 1. The zero-order valence-electron chi connectivity index (χ0n) is 10.2. The number of aryl methyl sites for hydroxylation is 1. The van der Waals surface area contributed by atoms with Crippen LogP contribution in [0.2, 0.25) is 0 Å². The van der Waals surface area contributed by atoms with Crippen LogP contribution in [0.3, 0.4) is 0 Å². The summed E-state index contributed by atoms with van der Waals surface area (Å²) in [5.41, 5.74) is 0.766. The minimum Gasteiger partial charge on any atom is -0.478 e. The van der Waals surface area contributed by atoms with Crippen molar-refractivity contribution in [2.45, 2.75) is 13.3 Å². The number of carboxylic acids is 1. The van der Waals surface area contributed by atoms with Crippen LogP contribution in [0.4, 0.5) is 5.00 Å². The Labute approximate surface area is 113 Å². The summed E-state index contributed by atoms with van der Waals surface area (Å²) >= 11 is 1.25. The van der Waals surface area contributed by atoms with Crippen LogP contribution in [-0.2, 0) is 11.2 Å². The molecule has 0 unspecified atom stereocenters. The van der Waals surface area contributed by atoms with Gasteiger partial charge in [-0.25, -0.2) is 4.79 Å². The lowest BCUT2D eigenvalue weighted by Crippen LogP contribution is -2.15. The molecule has 19 heavy (non-hydrogen) atoms. The van der Waals surface area contributed by atoms with Crippen LogP contribution in [0.1, 0.15) is 20.9 Å². The van der Waals surface area contributed by atoms with Crippen LogP contribution in [0.25, 0.3) is 0 Å². The van der Waals surface area contributed by atoms with Crippen molar-refractivity contribution in [2.75, 3.05) is 5.32 Å². The van der Waals surface area contributed by atoms with Gasteiger partial charge in [0, 0.05) is 16.8 Å². The minimum atomic E-state index is -1.04. The Morgan fingerprint density at radius 1 is 1.42 bits per heavy atom. The molecule has 0 radical (unpaired) electrons. The van der Waals surface area contributed by atoms with Gasteiger partial charge in [0.15, 0.2) is 0 Å². The summed E-state index contributed by atoms with van der Waals surface area (Å²) in [4.78, 5) is 27.7. The molecule has 6 heteroatoms. The quantitative estimate of drug-likeness (QED) is 0.898. The van der Waals surface area contributed by atoms with E-state index in [1.54, 1.807) is 37.4 Å². The van der Waals surface area contributed by atoms with Gasteiger partial charge in [-0.1, -0.05) is 6.07 Å². The van der Waals surface area contributed by atoms with Crippen molar-refractivity contribution in [1.29, 1.82) is 0 Å². The minimum absolute atomic E-state index is 0.122. The van der Waals surface area contributed by atoms with Gasteiger partial charge in [-0.15, -0.1) is 11.3 Å². The van der Waals surface area contributed by atoms with E-state index in [1.807, 2.05) is 0 Å². The molecule has 0 spiro atoms. The molecule has 0 saturated heterocycles. The molecule has 0 fully saturated rings. The smallest absolute Gasteiger partial charge is 0.338 e. The van der Waals surface area contributed by atoms with Gasteiger partial charge in [0.1, 0.15) is 5.00 Å². The Kier molecular flexibility index (Phi) is 3.91. The number of aromatic nitrogens is 1. The van der Waals surface area contributed by atoms with Crippen molar-refractivity contribution in [3.8, 4) is 0 Å². The Balaban J connectivity index is 2.09. The first-order chi connectivity index (χ1) is 9.06. The van der Waals surface area contributed by atoms with E-state index in [0.29, 0.717) is 10.7 Å². The van der Waals surface area contributed by atoms with E-state index in [9.17, 15) is 9.59 Å². The molecule has 0 aliphatic heterocycles. The van der Waals surface area contributed by atoms with Gasteiger partial charge in [0.25, 0.3) is 0 Å². The summed E-state index contributed by atoms with van der Waals surface area (Å²) in [5.74, 6) is -1.32. The van der Waals surface area contributed by atoms with Crippen LogP contribution in [0.15, 0.2) is 30.5 Å². The third-order valence-corrected chi connectivity index (χ3v) is 3.37. The molecule has 2 heterocycles. The van der Waals surface area contributed by atoms with Crippen molar-refractivity contribution >= 4 is 28.2 Å². The molecule has 2 aromatic heterocycles. The predicted octanol–water partition coefficient (Wildman–Crippen LogP) is 2.33.